The molecule has 21 heavy (non-hydrogen) atoms. The average molecular weight is 289 g/mol. The average Bonchev–Trinajstić information content (AvgIpc) is 2.53. The molecule has 4 heteroatoms. The molecule has 0 atom stereocenters. The van der Waals surface area contributed by atoms with Crippen LogP contribution in [-0.4, -0.2) is 25.7 Å². The maximum absolute atomic E-state index is 11.7. The molecule has 116 valence electrons. The van der Waals surface area contributed by atoms with Crippen molar-refractivity contribution in [1.29, 1.82) is 0 Å². The number of hydrogen-bond donors (Lipinski definition) is 2. The van der Waals surface area contributed by atoms with E-state index >= 15 is 0 Å². The van der Waals surface area contributed by atoms with E-state index in [0.29, 0.717) is 0 Å². The van der Waals surface area contributed by atoms with Gasteiger partial charge >= 0.3 is 6.03 Å². The molecule has 2 N–H and O–H groups in total. The van der Waals surface area contributed by atoms with Gasteiger partial charge in [-0.25, -0.2) is 4.79 Å². The molecule has 0 unspecified atom stereocenters. The molecule has 2 rings (SSSR count). The third kappa shape index (κ3) is 5.29. The number of amides is 2. The standard InChI is InChI=1S/C17H27N3O/c1-2-3-5-12-18-17(21)19-15-8-10-16(11-9-15)20-13-6-4-7-14-20/h8-11H,2-7,12-14H2,1H3,(H2,18,19,21). The lowest BCUT2D eigenvalue weighted by molar-refractivity contribution is 0.252. The van der Waals surface area contributed by atoms with Crippen LogP contribution in [0.2, 0.25) is 0 Å². The van der Waals surface area contributed by atoms with Crippen molar-refractivity contribution in [2.24, 2.45) is 0 Å². The van der Waals surface area contributed by atoms with Crippen LogP contribution in [0.4, 0.5) is 16.2 Å². The smallest absolute Gasteiger partial charge is 0.319 e. The molecule has 1 aliphatic heterocycles. The van der Waals surface area contributed by atoms with Gasteiger partial charge in [-0.3, -0.25) is 0 Å². The summed E-state index contributed by atoms with van der Waals surface area (Å²) in [6.45, 7) is 5.19. The first-order valence-electron chi connectivity index (χ1n) is 8.19. The van der Waals surface area contributed by atoms with E-state index in [2.05, 4.69) is 34.6 Å². The Labute approximate surface area is 127 Å². The molecule has 0 aliphatic carbocycles. The number of carbonyl (C=O) groups excluding carboxylic acids is 1. The van der Waals surface area contributed by atoms with Gasteiger partial charge in [0.15, 0.2) is 0 Å². The molecule has 0 radical (unpaired) electrons. The zero-order chi connectivity index (χ0) is 14.9. The third-order valence-electron chi connectivity index (χ3n) is 3.91. The minimum atomic E-state index is -0.114. The molecule has 0 aromatic heterocycles. The van der Waals surface area contributed by atoms with E-state index in [9.17, 15) is 4.79 Å². The van der Waals surface area contributed by atoms with Gasteiger partial charge in [-0.1, -0.05) is 19.8 Å². The molecule has 0 spiro atoms. The predicted molar refractivity (Wildman–Crippen MR) is 89.1 cm³/mol. The van der Waals surface area contributed by atoms with Crippen LogP contribution in [0.3, 0.4) is 0 Å². The first kappa shape index (κ1) is 15.7. The van der Waals surface area contributed by atoms with E-state index in [1.54, 1.807) is 0 Å². The highest BCUT2D eigenvalue weighted by Crippen LogP contribution is 2.21. The molecule has 0 saturated carbocycles. The number of rotatable bonds is 6. The number of piperidine rings is 1. The summed E-state index contributed by atoms with van der Waals surface area (Å²) < 4.78 is 0. The predicted octanol–water partition coefficient (Wildman–Crippen LogP) is 3.99. The van der Waals surface area contributed by atoms with Gasteiger partial charge in [0.25, 0.3) is 0 Å². The summed E-state index contributed by atoms with van der Waals surface area (Å²) in [6.07, 6.45) is 7.26. The van der Waals surface area contributed by atoms with Gasteiger partial charge in [0, 0.05) is 31.0 Å². The van der Waals surface area contributed by atoms with Crippen molar-refractivity contribution in [2.45, 2.75) is 45.4 Å². The van der Waals surface area contributed by atoms with Crippen LogP contribution in [0, 0.1) is 0 Å². The molecule has 0 bridgehead atoms. The Kier molecular flexibility index (Phi) is 6.38. The number of unbranched alkanes of at least 4 members (excludes halogenated alkanes) is 2. The van der Waals surface area contributed by atoms with Crippen LogP contribution in [0.25, 0.3) is 0 Å². The van der Waals surface area contributed by atoms with Crippen molar-refractivity contribution in [2.75, 3.05) is 29.9 Å². The summed E-state index contributed by atoms with van der Waals surface area (Å²) in [5.74, 6) is 0. The fourth-order valence-electron chi connectivity index (χ4n) is 2.66. The largest absolute Gasteiger partial charge is 0.372 e. The Balaban J connectivity index is 1.77. The number of nitrogens with zero attached hydrogens (tertiary/aromatic N) is 1. The molecule has 1 saturated heterocycles. The molecule has 1 heterocycles. The minimum absolute atomic E-state index is 0.114. The molecular weight excluding hydrogens is 262 g/mol. The highest BCUT2D eigenvalue weighted by atomic mass is 16.2. The monoisotopic (exact) mass is 289 g/mol. The first-order valence-corrected chi connectivity index (χ1v) is 8.19. The minimum Gasteiger partial charge on any atom is -0.372 e. The number of benzene rings is 1. The lowest BCUT2D eigenvalue weighted by Gasteiger charge is -2.28. The summed E-state index contributed by atoms with van der Waals surface area (Å²) >= 11 is 0. The maximum Gasteiger partial charge on any atom is 0.319 e. The van der Waals surface area contributed by atoms with Crippen LogP contribution in [0.1, 0.15) is 45.4 Å². The number of carbonyl (C=O) groups is 1. The normalized spacial score (nSPS) is 14.8. The number of urea groups is 1. The van der Waals surface area contributed by atoms with Crippen LogP contribution in [-0.2, 0) is 0 Å². The quantitative estimate of drug-likeness (QED) is 0.778. The van der Waals surface area contributed by atoms with E-state index in [1.165, 1.54) is 31.4 Å². The third-order valence-corrected chi connectivity index (χ3v) is 3.91. The van der Waals surface area contributed by atoms with Gasteiger partial charge in [-0.15, -0.1) is 0 Å². The summed E-state index contributed by atoms with van der Waals surface area (Å²) in [5, 5.41) is 5.76. The second-order valence-corrected chi connectivity index (χ2v) is 5.68. The Morgan fingerprint density at radius 1 is 1.10 bits per heavy atom. The van der Waals surface area contributed by atoms with Gasteiger partial charge in [-0.2, -0.15) is 0 Å². The van der Waals surface area contributed by atoms with Crippen LogP contribution < -0.4 is 15.5 Å². The van der Waals surface area contributed by atoms with E-state index in [0.717, 1.165) is 38.2 Å². The maximum atomic E-state index is 11.7. The van der Waals surface area contributed by atoms with Crippen molar-refractivity contribution in [1.82, 2.24) is 5.32 Å². The van der Waals surface area contributed by atoms with Gasteiger partial charge in [0.2, 0.25) is 0 Å². The number of anilines is 2. The fourth-order valence-corrected chi connectivity index (χ4v) is 2.66. The second-order valence-electron chi connectivity index (χ2n) is 5.68. The lowest BCUT2D eigenvalue weighted by atomic mass is 10.1. The molecule has 1 aromatic rings. The topological polar surface area (TPSA) is 44.4 Å². The highest BCUT2D eigenvalue weighted by Gasteiger charge is 2.10. The number of hydrogen-bond acceptors (Lipinski definition) is 2. The Hall–Kier alpha value is -1.71. The SMILES string of the molecule is CCCCCNC(=O)Nc1ccc(N2CCCCC2)cc1. The second kappa shape index (κ2) is 8.55. The highest BCUT2D eigenvalue weighted by molar-refractivity contribution is 5.89. The van der Waals surface area contributed by atoms with Crippen LogP contribution in [0.5, 0.6) is 0 Å². The van der Waals surface area contributed by atoms with Gasteiger partial charge in [0.1, 0.15) is 0 Å². The molecule has 4 nitrogen and oxygen atoms in total. The lowest BCUT2D eigenvalue weighted by Crippen LogP contribution is -2.30. The van der Waals surface area contributed by atoms with E-state index in [4.69, 9.17) is 0 Å². The Bertz CT molecular complexity index is 424. The van der Waals surface area contributed by atoms with Gasteiger partial charge in [0.05, 0.1) is 0 Å². The molecule has 1 fully saturated rings. The number of nitrogens with one attached hydrogen (secondary N) is 2. The molecule has 1 aliphatic rings. The Morgan fingerprint density at radius 2 is 1.81 bits per heavy atom. The van der Waals surface area contributed by atoms with E-state index < -0.39 is 0 Å². The zero-order valence-electron chi connectivity index (χ0n) is 13.0. The Morgan fingerprint density at radius 3 is 2.48 bits per heavy atom. The van der Waals surface area contributed by atoms with Crippen molar-refractivity contribution < 1.29 is 4.79 Å². The summed E-state index contributed by atoms with van der Waals surface area (Å²) in [5.41, 5.74) is 2.10. The molecule has 1 aromatic carbocycles. The summed E-state index contributed by atoms with van der Waals surface area (Å²) in [6, 6.07) is 8.04. The zero-order valence-corrected chi connectivity index (χ0v) is 13.0. The van der Waals surface area contributed by atoms with Crippen molar-refractivity contribution in [3.63, 3.8) is 0 Å². The molecule has 2 amide bonds. The van der Waals surface area contributed by atoms with Crippen molar-refractivity contribution in [3.05, 3.63) is 24.3 Å². The van der Waals surface area contributed by atoms with Gasteiger partial charge < -0.3 is 15.5 Å². The summed E-state index contributed by atoms with van der Waals surface area (Å²) in [4.78, 5) is 14.1. The molecular formula is C17H27N3O. The van der Waals surface area contributed by atoms with Crippen molar-refractivity contribution >= 4 is 17.4 Å². The van der Waals surface area contributed by atoms with Gasteiger partial charge in [-0.05, 0) is 49.9 Å². The summed E-state index contributed by atoms with van der Waals surface area (Å²) in [7, 11) is 0. The van der Waals surface area contributed by atoms with Crippen LogP contribution in [0.15, 0.2) is 24.3 Å². The van der Waals surface area contributed by atoms with Crippen LogP contribution >= 0.6 is 0 Å². The first-order chi connectivity index (χ1) is 10.3. The van der Waals surface area contributed by atoms with E-state index in [-0.39, 0.29) is 6.03 Å². The van der Waals surface area contributed by atoms with Crippen molar-refractivity contribution in [3.8, 4) is 0 Å². The fraction of sp³-hybridized carbons (Fsp3) is 0.588. The van der Waals surface area contributed by atoms with E-state index in [1.807, 2.05) is 12.1 Å².